The van der Waals surface area contributed by atoms with Gasteiger partial charge in [-0.05, 0) is 24.3 Å². The van der Waals surface area contributed by atoms with E-state index in [4.69, 9.17) is 0 Å². The summed E-state index contributed by atoms with van der Waals surface area (Å²) in [7, 11) is 0. The number of ether oxygens (including phenoxy) is 1. The van der Waals surface area contributed by atoms with Gasteiger partial charge >= 0.3 is 6.18 Å². The third-order valence-electron chi connectivity index (χ3n) is 2.29. The largest absolute Gasteiger partial charge is 0.467 e. The lowest BCUT2D eigenvalue weighted by molar-refractivity contribution is -0.154. The van der Waals surface area contributed by atoms with E-state index in [2.05, 4.69) is 20.0 Å². The van der Waals surface area contributed by atoms with Crippen LogP contribution in [-0.4, -0.2) is 28.7 Å². The molecule has 0 unspecified atom stereocenters. The van der Waals surface area contributed by atoms with E-state index < -0.39 is 18.7 Å². The van der Waals surface area contributed by atoms with E-state index in [0.29, 0.717) is 0 Å². The molecule has 2 heterocycles. The summed E-state index contributed by atoms with van der Waals surface area (Å²) in [6.45, 7) is -1.52. The zero-order valence-electron chi connectivity index (χ0n) is 10.6. The molecular formula is C13H10F3N3O2. The monoisotopic (exact) mass is 297 g/mol. The maximum absolute atomic E-state index is 12.2. The lowest BCUT2D eigenvalue weighted by Crippen LogP contribution is -2.22. The Balaban J connectivity index is 2.14. The molecule has 1 N–H and O–H groups in total. The molecule has 0 fully saturated rings. The summed E-state index contributed by atoms with van der Waals surface area (Å²) in [5.41, 5.74) is -0.104. The third-order valence-corrected chi connectivity index (χ3v) is 2.29. The fraction of sp³-hybridized carbons (Fsp3) is 0.154. The molecule has 0 saturated heterocycles. The van der Waals surface area contributed by atoms with Gasteiger partial charge in [0.1, 0.15) is 11.4 Å². The first-order valence-corrected chi connectivity index (χ1v) is 5.83. The minimum absolute atomic E-state index is 0.104. The first-order chi connectivity index (χ1) is 9.96. The number of halogens is 3. The molecule has 0 saturated carbocycles. The van der Waals surface area contributed by atoms with Crippen molar-refractivity contribution in [2.24, 2.45) is 0 Å². The second-order valence-corrected chi connectivity index (χ2v) is 3.93. The third kappa shape index (κ3) is 4.44. The predicted molar refractivity (Wildman–Crippen MR) is 68.0 cm³/mol. The molecule has 0 bridgehead atoms. The number of anilines is 1. The molecule has 0 aliphatic heterocycles. The number of pyridine rings is 2. The van der Waals surface area contributed by atoms with Crippen LogP contribution in [0.2, 0.25) is 0 Å². The van der Waals surface area contributed by atoms with Crippen molar-refractivity contribution < 1.29 is 22.7 Å². The van der Waals surface area contributed by atoms with Crippen LogP contribution in [0.5, 0.6) is 5.88 Å². The minimum Gasteiger partial charge on any atom is -0.467 e. The quantitative estimate of drug-likeness (QED) is 0.942. The normalized spacial score (nSPS) is 11.0. The second-order valence-electron chi connectivity index (χ2n) is 3.93. The van der Waals surface area contributed by atoms with Gasteiger partial charge in [0.05, 0.1) is 0 Å². The molecule has 0 spiro atoms. The number of carbonyl (C=O) groups excluding carboxylic acids is 1. The minimum atomic E-state index is -4.51. The van der Waals surface area contributed by atoms with Crippen LogP contribution in [0.4, 0.5) is 19.0 Å². The van der Waals surface area contributed by atoms with Crippen molar-refractivity contribution in [1.82, 2.24) is 9.97 Å². The van der Waals surface area contributed by atoms with Crippen molar-refractivity contribution >= 4 is 11.7 Å². The number of amides is 1. The molecule has 5 nitrogen and oxygen atoms in total. The molecular weight excluding hydrogens is 287 g/mol. The Kier molecular flexibility index (Phi) is 4.36. The van der Waals surface area contributed by atoms with Crippen molar-refractivity contribution in [3.63, 3.8) is 0 Å². The van der Waals surface area contributed by atoms with E-state index in [1.807, 2.05) is 0 Å². The number of hydrogen-bond acceptors (Lipinski definition) is 4. The SMILES string of the molecule is O=C(Nc1ccccn1)c1cccnc1OCC(F)(F)F. The van der Waals surface area contributed by atoms with E-state index >= 15 is 0 Å². The summed E-state index contributed by atoms with van der Waals surface area (Å²) in [6, 6.07) is 7.61. The Morgan fingerprint density at radius 2 is 1.90 bits per heavy atom. The highest BCUT2D eigenvalue weighted by atomic mass is 19.4. The van der Waals surface area contributed by atoms with Crippen molar-refractivity contribution in [3.8, 4) is 5.88 Å². The molecule has 2 rings (SSSR count). The topological polar surface area (TPSA) is 64.1 Å². The molecule has 2 aromatic rings. The summed E-state index contributed by atoms with van der Waals surface area (Å²) < 4.78 is 41.0. The lowest BCUT2D eigenvalue weighted by atomic mass is 10.2. The van der Waals surface area contributed by atoms with Crippen LogP contribution in [0.25, 0.3) is 0 Å². The fourth-order valence-electron chi connectivity index (χ4n) is 1.45. The smallest absolute Gasteiger partial charge is 0.422 e. The number of aromatic nitrogens is 2. The number of rotatable bonds is 4. The van der Waals surface area contributed by atoms with Crippen molar-refractivity contribution in [3.05, 3.63) is 48.3 Å². The summed E-state index contributed by atoms with van der Waals surface area (Å²) in [6.07, 6.45) is -1.80. The zero-order valence-corrected chi connectivity index (χ0v) is 10.6. The van der Waals surface area contributed by atoms with Gasteiger partial charge in [-0.25, -0.2) is 9.97 Å². The van der Waals surface area contributed by atoms with Gasteiger partial charge in [0.25, 0.3) is 5.91 Å². The Hall–Kier alpha value is -2.64. The Morgan fingerprint density at radius 1 is 1.14 bits per heavy atom. The maximum Gasteiger partial charge on any atom is 0.422 e. The van der Waals surface area contributed by atoms with Crippen molar-refractivity contribution in [2.75, 3.05) is 11.9 Å². The molecule has 0 atom stereocenters. The lowest BCUT2D eigenvalue weighted by Gasteiger charge is -2.11. The van der Waals surface area contributed by atoms with E-state index in [0.717, 1.165) is 0 Å². The van der Waals surface area contributed by atoms with E-state index in [-0.39, 0.29) is 17.3 Å². The molecule has 8 heteroatoms. The predicted octanol–water partition coefficient (Wildman–Crippen LogP) is 2.67. The molecule has 1 amide bonds. The number of nitrogens with one attached hydrogen (secondary N) is 1. The first kappa shape index (κ1) is 14.8. The van der Waals surface area contributed by atoms with Gasteiger partial charge < -0.3 is 10.1 Å². The van der Waals surface area contributed by atoms with Crippen LogP contribution in [-0.2, 0) is 0 Å². The average Bonchev–Trinajstić information content (AvgIpc) is 2.46. The molecule has 0 radical (unpaired) electrons. The summed E-state index contributed by atoms with van der Waals surface area (Å²) >= 11 is 0. The Labute approximate surface area is 117 Å². The molecule has 0 aliphatic carbocycles. The van der Waals surface area contributed by atoms with Gasteiger partial charge in [-0.3, -0.25) is 4.79 Å². The summed E-state index contributed by atoms with van der Waals surface area (Å²) in [5, 5.41) is 2.44. The molecule has 0 aromatic carbocycles. The highest BCUT2D eigenvalue weighted by Crippen LogP contribution is 2.20. The molecule has 110 valence electrons. The Bertz CT molecular complexity index is 618. The highest BCUT2D eigenvalue weighted by molar-refractivity contribution is 6.05. The van der Waals surface area contributed by atoms with Crippen LogP contribution in [0.15, 0.2) is 42.7 Å². The number of carbonyl (C=O) groups is 1. The van der Waals surface area contributed by atoms with Crippen LogP contribution in [0.3, 0.4) is 0 Å². The van der Waals surface area contributed by atoms with Gasteiger partial charge in [-0.1, -0.05) is 6.07 Å². The number of hydrogen-bond donors (Lipinski definition) is 1. The standard InChI is InChI=1S/C13H10F3N3O2/c14-13(15,16)8-21-12-9(4-3-7-18-12)11(20)19-10-5-1-2-6-17-10/h1-7H,8H2,(H,17,19,20). The average molecular weight is 297 g/mol. The van der Waals surface area contributed by atoms with Gasteiger partial charge in [0, 0.05) is 12.4 Å². The summed E-state index contributed by atoms with van der Waals surface area (Å²) in [4.78, 5) is 19.5. The van der Waals surface area contributed by atoms with Gasteiger partial charge in [0.15, 0.2) is 6.61 Å². The van der Waals surface area contributed by atoms with Crippen LogP contribution < -0.4 is 10.1 Å². The molecule has 0 aliphatic rings. The second kappa shape index (κ2) is 6.21. The Morgan fingerprint density at radius 3 is 2.57 bits per heavy atom. The van der Waals surface area contributed by atoms with E-state index in [1.54, 1.807) is 18.2 Å². The van der Waals surface area contributed by atoms with Gasteiger partial charge in [0.2, 0.25) is 5.88 Å². The fourth-order valence-corrected chi connectivity index (χ4v) is 1.45. The van der Waals surface area contributed by atoms with E-state index in [9.17, 15) is 18.0 Å². The first-order valence-electron chi connectivity index (χ1n) is 5.83. The maximum atomic E-state index is 12.2. The van der Waals surface area contributed by atoms with Gasteiger partial charge in [-0.2, -0.15) is 13.2 Å². The van der Waals surface area contributed by atoms with Crippen molar-refractivity contribution in [2.45, 2.75) is 6.18 Å². The molecule has 2 aromatic heterocycles. The molecule has 21 heavy (non-hydrogen) atoms. The van der Waals surface area contributed by atoms with E-state index in [1.165, 1.54) is 24.5 Å². The van der Waals surface area contributed by atoms with Gasteiger partial charge in [-0.15, -0.1) is 0 Å². The van der Waals surface area contributed by atoms with Crippen LogP contribution in [0.1, 0.15) is 10.4 Å². The highest BCUT2D eigenvalue weighted by Gasteiger charge is 2.29. The van der Waals surface area contributed by atoms with Crippen molar-refractivity contribution in [1.29, 1.82) is 0 Å². The zero-order chi connectivity index (χ0) is 15.3. The van der Waals surface area contributed by atoms with Crippen LogP contribution >= 0.6 is 0 Å². The number of alkyl halides is 3. The van der Waals surface area contributed by atoms with Crippen LogP contribution in [0, 0.1) is 0 Å². The summed E-state index contributed by atoms with van der Waals surface area (Å²) in [5.74, 6) is -0.768. The number of nitrogens with zero attached hydrogens (tertiary/aromatic N) is 2.